The second-order valence-corrected chi connectivity index (χ2v) is 8.13. The van der Waals surface area contributed by atoms with E-state index in [1.165, 1.54) is 6.33 Å². The topological polar surface area (TPSA) is 80.2 Å². The number of rotatable bonds is 3. The van der Waals surface area contributed by atoms with Gasteiger partial charge in [-0.1, -0.05) is 12.1 Å². The molecule has 0 radical (unpaired) electrons. The van der Waals surface area contributed by atoms with Gasteiger partial charge in [-0.25, -0.2) is 15.0 Å². The molecule has 5 rings (SSSR count). The van der Waals surface area contributed by atoms with Gasteiger partial charge in [0.25, 0.3) is 0 Å². The maximum atomic E-state index is 13.7. The number of hydrogen-bond donors (Lipinski definition) is 1. The molecular formula is C24H25N5O2. The Balaban J connectivity index is 1.54. The molecule has 2 aromatic heterocycles. The number of methoxy groups -OCH3 is 1. The minimum Gasteiger partial charge on any atom is -0.381 e. The molecule has 0 saturated heterocycles. The van der Waals surface area contributed by atoms with Crippen molar-refractivity contribution in [3.63, 3.8) is 0 Å². The van der Waals surface area contributed by atoms with Crippen molar-refractivity contribution in [1.82, 2.24) is 15.0 Å². The van der Waals surface area contributed by atoms with E-state index in [0.717, 1.165) is 59.6 Å². The van der Waals surface area contributed by atoms with Crippen molar-refractivity contribution in [2.45, 2.75) is 38.3 Å². The Hall–Kier alpha value is -3.32. The lowest BCUT2D eigenvalue weighted by molar-refractivity contribution is -0.124. The highest BCUT2D eigenvalue weighted by Crippen LogP contribution is 2.39. The molecule has 0 atom stereocenters. The number of fused-ring (bicyclic) bond motifs is 2. The fraction of sp³-hybridized carbons (Fsp3) is 0.333. The van der Waals surface area contributed by atoms with Gasteiger partial charge in [-0.05, 0) is 49.4 Å². The van der Waals surface area contributed by atoms with E-state index < -0.39 is 0 Å². The van der Waals surface area contributed by atoms with Crippen LogP contribution in [0.3, 0.4) is 0 Å². The summed E-state index contributed by atoms with van der Waals surface area (Å²) < 4.78 is 5.50. The maximum Gasteiger partial charge on any atom is 0.230 e. The average molecular weight is 415 g/mol. The third kappa shape index (κ3) is 3.88. The molecular weight excluding hydrogens is 390 g/mol. The highest BCUT2D eigenvalue weighted by molar-refractivity contribution is 6.00. The number of carbonyl (C=O) groups is 1. The van der Waals surface area contributed by atoms with Crippen LogP contribution < -0.4 is 10.2 Å². The van der Waals surface area contributed by atoms with Crippen LogP contribution in [0.4, 0.5) is 17.2 Å². The minimum absolute atomic E-state index is 0.00110. The zero-order valence-electron chi connectivity index (χ0n) is 17.5. The van der Waals surface area contributed by atoms with Gasteiger partial charge in [-0.15, -0.1) is 0 Å². The summed E-state index contributed by atoms with van der Waals surface area (Å²) in [5.74, 6) is 0.954. The van der Waals surface area contributed by atoms with E-state index in [0.29, 0.717) is 6.54 Å². The first-order valence-electron chi connectivity index (χ1n) is 10.7. The molecule has 3 aromatic rings. The number of hydrogen-bond acceptors (Lipinski definition) is 6. The molecule has 7 heteroatoms. The molecule has 0 bridgehead atoms. The van der Waals surface area contributed by atoms with Gasteiger partial charge >= 0.3 is 0 Å². The molecule has 1 aromatic carbocycles. The fourth-order valence-corrected chi connectivity index (χ4v) is 4.51. The second kappa shape index (κ2) is 8.43. The summed E-state index contributed by atoms with van der Waals surface area (Å²) in [5.41, 5.74) is 4.62. The quantitative estimate of drug-likeness (QED) is 0.686. The van der Waals surface area contributed by atoms with E-state index in [2.05, 4.69) is 20.3 Å². The average Bonchev–Trinajstić information content (AvgIpc) is 3.00. The SMILES string of the molecule is CO[C@H]1CC[C@H](C(=O)N2Cc3cccnc3Nc3ccc(-c4cncnc4)cc32)CC1. The van der Waals surface area contributed by atoms with Gasteiger partial charge < -0.3 is 15.0 Å². The third-order valence-electron chi connectivity index (χ3n) is 6.28. The minimum atomic E-state index is 0.00110. The number of aromatic nitrogens is 3. The Morgan fingerprint density at radius 2 is 1.90 bits per heavy atom. The van der Waals surface area contributed by atoms with E-state index >= 15 is 0 Å². The predicted molar refractivity (Wildman–Crippen MR) is 119 cm³/mol. The maximum absolute atomic E-state index is 13.7. The Kier molecular flexibility index (Phi) is 5.34. The molecule has 1 aliphatic carbocycles. The first-order valence-corrected chi connectivity index (χ1v) is 10.7. The molecule has 0 spiro atoms. The molecule has 1 N–H and O–H groups in total. The number of nitrogens with one attached hydrogen (secondary N) is 1. The van der Waals surface area contributed by atoms with Crippen LogP contribution in [0, 0.1) is 5.92 Å². The highest BCUT2D eigenvalue weighted by Gasteiger charge is 2.33. The number of pyridine rings is 1. The monoisotopic (exact) mass is 415 g/mol. The summed E-state index contributed by atoms with van der Waals surface area (Å²) >= 11 is 0. The standard InChI is InChI=1S/C24H25N5O2/c1-31-20-7-4-16(5-8-20)24(30)29-14-18-3-2-10-27-23(18)28-21-9-6-17(11-22(21)29)19-12-25-15-26-13-19/h2-3,6,9-13,15-16,20H,4-5,7-8,14H2,1H3,(H,27,28)/t16-,20-. The summed E-state index contributed by atoms with van der Waals surface area (Å²) in [7, 11) is 1.75. The first-order chi connectivity index (χ1) is 15.2. The normalized spacial score (nSPS) is 20.2. The van der Waals surface area contributed by atoms with Crippen LogP contribution in [-0.2, 0) is 16.1 Å². The van der Waals surface area contributed by atoms with Gasteiger partial charge in [0.15, 0.2) is 0 Å². The lowest BCUT2D eigenvalue weighted by Gasteiger charge is -2.32. The number of anilines is 3. The van der Waals surface area contributed by atoms with Gasteiger partial charge in [0.2, 0.25) is 5.91 Å². The van der Waals surface area contributed by atoms with Crippen LogP contribution in [0.15, 0.2) is 55.2 Å². The zero-order chi connectivity index (χ0) is 21.2. The summed E-state index contributed by atoms with van der Waals surface area (Å²) in [5, 5.41) is 3.43. The Morgan fingerprint density at radius 1 is 1.10 bits per heavy atom. The lowest BCUT2D eigenvalue weighted by Crippen LogP contribution is -2.38. The molecule has 2 aliphatic rings. The summed E-state index contributed by atoms with van der Waals surface area (Å²) in [6.07, 6.45) is 10.7. The summed E-state index contributed by atoms with van der Waals surface area (Å²) in [6.45, 7) is 0.487. The second-order valence-electron chi connectivity index (χ2n) is 8.13. The molecule has 3 heterocycles. The van der Waals surface area contributed by atoms with Crippen molar-refractivity contribution in [2.24, 2.45) is 5.92 Å². The van der Waals surface area contributed by atoms with Gasteiger partial charge in [0.1, 0.15) is 12.1 Å². The van der Waals surface area contributed by atoms with Crippen LogP contribution in [0.1, 0.15) is 31.2 Å². The zero-order valence-corrected chi connectivity index (χ0v) is 17.5. The van der Waals surface area contributed by atoms with Crippen LogP contribution in [0.5, 0.6) is 0 Å². The molecule has 1 fully saturated rings. The van der Waals surface area contributed by atoms with Gasteiger partial charge in [0, 0.05) is 42.7 Å². The summed E-state index contributed by atoms with van der Waals surface area (Å²) in [4.78, 5) is 28.4. The number of carbonyl (C=O) groups excluding carboxylic acids is 1. The van der Waals surface area contributed by atoms with E-state index in [4.69, 9.17) is 4.74 Å². The van der Waals surface area contributed by atoms with Crippen molar-refractivity contribution in [2.75, 3.05) is 17.3 Å². The highest BCUT2D eigenvalue weighted by atomic mass is 16.5. The Labute approximate surface area is 181 Å². The number of nitrogens with zero attached hydrogens (tertiary/aromatic N) is 4. The lowest BCUT2D eigenvalue weighted by atomic mass is 9.86. The predicted octanol–water partition coefficient (Wildman–Crippen LogP) is 4.33. The number of ether oxygens (including phenoxy) is 1. The third-order valence-corrected chi connectivity index (χ3v) is 6.28. The van der Waals surface area contributed by atoms with Gasteiger partial charge in [-0.2, -0.15) is 0 Å². The number of benzene rings is 1. The van der Waals surface area contributed by atoms with Crippen molar-refractivity contribution >= 4 is 23.1 Å². The van der Waals surface area contributed by atoms with Crippen molar-refractivity contribution < 1.29 is 9.53 Å². The first kappa shape index (κ1) is 19.6. The summed E-state index contributed by atoms with van der Waals surface area (Å²) in [6, 6.07) is 10.0. The smallest absolute Gasteiger partial charge is 0.230 e. The van der Waals surface area contributed by atoms with Crippen LogP contribution >= 0.6 is 0 Å². The molecule has 7 nitrogen and oxygen atoms in total. The van der Waals surface area contributed by atoms with Crippen molar-refractivity contribution in [1.29, 1.82) is 0 Å². The van der Waals surface area contributed by atoms with Gasteiger partial charge in [-0.3, -0.25) is 4.79 Å². The van der Waals surface area contributed by atoms with E-state index in [-0.39, 0.29) is 17.9 Å². The van der Waals surface area contributed by atoms with Gasteiger partial charge in [0.05, 0.1) is 24.0 Å². The molecule has 1 saturated carbocycles. The Bertz CT molecular complexity index is 1080. The van der Waals surface area contributed by atoms with Crippen molar-refractivity contribution in [3.8, 4) is 11.1 Å². The Morgan fingerprint density at radius 3 is 2.68 bits per heavy atom. The van der Waals surface area contributed by atoms with Crippen LogP contribution in [0.25, 0.3) is 11.1 Å². The van der Waals surface area contributed by atoms with Crippen LogP contribution in [-0.4, -0.2) is 34.1 Å². The van der Waals surface area contributed by atoms with E-state index in [1.54, 1.807) is 25.7 Å². The number of amides is 1. The van der Waals surface area contributed by atoms with Crippen molar-refractivity contribution in [3.05, 3.63) is 60.8 Å². The molecule has 0 unspecified atom stereocenters. The largest absolute Gasteiger partial charge is 0.381 e. The van der Waals surface area contributed by atoms with E-state index in [1.807, 2.05) is 35.2 Å². The van der Waals surface area contributed by atoms with Crippen LogP contribution in [0.2, 0.25) is 0 Å². The fourth-order valence-electron chi connectivity index (χ4n) is 4.51. The van der Waals surface area contributed by atoms with E-state index in [9.17, 15) is 4.79 Å². The molecule has 1 aliphatic heterocycles. The molecule has 158 valence electrons. The molecule has 31 heavy (non-hydrogen) atoms. The molecule has 1 amide bonds.